The second kappa shape index (κ2) is 3.84. The van der Waals surface area contributed by atoms with Gasteiger partial charge in [0, 0.05) is 5.56 Å². The summed E-state index contributed by atoms with van der Waals surface area (Å²) in [6, 6.07) is 10.3. The summed E-state index contributed by atoms with van der Waals surface area (Å²) in [4.78, 5) is 10.5. The molecule has 0 fully saturated rings. The Kier molecular flexibility index (Phi) is 2.54. The minimum atomic E-state index is -1.46. The first-order valence-corrected chi connectivity index (χ1v) is 4.56. The average molecular weight is 200 g/mol. The highest BCUT2D eigenvalue weighted by molar-refractivity contribution is 6.58. The van der Waals surface area contributed by atoms with Gasteiger partial charge in [0.25, 0.3) is 0 Å². The first kappa shape index (κ1) is 9.89. The van der Waals surface area contributed by atoms with Gasteiger partial charge in [-0.2, -0.15) is 0 Å². The van der Waals surface area contributed by atoms with E-state index in [9.17, 15) is 4.79 Å². The molecule has 74 valence electrons. The number of carbonyl (C=O) groups excluding carboxylic acids is 1. The molecule has 2 aromatic carbocycles. The summed E-state index contributed by atoms with van der Waals surface area (Å²) in [7, 11) is -1.46. The Balaban J connectivity index is 2.59. The van der Waals surface area contributed by atoms with Gasteiger partial charge in [-0.05, 0) is 22.3 Å². The number of hydrogen-bond acceptors (Lipinski definition) is 3. The summed E-state index contributed by atoms with van der Waals surface area (Å²) in [5.41, 5.74) is 1.06. The molecule has 0 saturated heterocycles. The molecule has 0 bridgehead atoms. The van der Waals surface area contributed by atoms with E-state index in [0.717, 1.165) is 17.1 Å². The molecule has 0 atom stereocenters. The first-order chi connectivity index (χ1) is 7.20. The lowest BCUT2D eigenvalue weighted by molar-refractivity contribution is 0.112. The maximum absolute atomic E-state index is 10.5. The van der Waals surface area contributed by atoms with Gasteiger partial charge in [-0.3, -0.25) is 4.79 Å². The Morgan fingerprint density at radius 2 is 1.67 bits per heavy atom. The number of hydrogen-bond donors (Lipinski definition) is 2. The Hall–Kier alpha value is -1.65. The molecule has 0 spiro atoms. The van der Waals surface area contributed by atoms with E-state index in [1.165, 1.54) is 0 Å². The molecule has 0 heterocycles. The summed E-state index contributed by atoms with van der Waals surface area (Å²) in [6.07, 6.45) is 0.786. The van der Waals surface area contributed by atoms with Crippen LogP contribution in [-0.4, -0.2) is 23.5 Å². The molecule has 4 heteroatoms. The van der Waals surface area contributed by atoms with Gasteiger partial charge in [0.15, 0.2) is 0 Å². The van der Waals surface area contributed by atoms with Crippen molar-refractivity contribution in [3.05, 3.63) is 42.0 Å². The molecular weight excluding hydrogens is 191 g/mol. The van der Waals surface area contributed by atoms with E-state index in [1.54, 1.807) is 36.4 Å². The zero-order valence-corrected chi connectivity index (χ0v) is 7.92. The van der Waals surface area contributed by atoms with Crippen LogP contribution in [0.2, 0.25) is 0 Å². The van der Waals surface area contributed by atoms with Crippen LogP contribution in [0.1, 0.15) is 10.4 Å². The Labute approximate surface area is 87.1 Å². The van der Waals surface area contributed by atoms with E-state index in [1.807, 2.05) is 0 Å². The van der Waals surface area contributed by atoms with E-state index in [0.29, 0.717) is 11.0 Å². The molecule has 15 heavy (non-hydrogen) atoms. The van der Waals surface area contributed by atoms with Crippen LogP contribution in [0, 0.1) is 0 Å². The van der Waals surface area contributed by atoms with Gasteiger partial charge < -0.3 is 10.0 Å². The monoisotopic (exact) mass is 200 g/mol. The zero-order chi connectivity index (χ0) is 10.8. The highest BCUT2D eigenvalue weighted by Crippen LogP contribution is 2.13. The van der Waals surface area contributed by atoms with Crippen molar-refractivity contribution in [3.63, 3.8) is 0 Å². The molecule has 0 aliphatic carbocycles. The summed E-state index contributed by atoms with van der Waals surface area (Å²) < 4.78 is 0. The Morgan fingerprint density at radius 3 is 2.33 bits per heavy atom. The van der Waals surface area contributed by atoms with Gasteiger partial charge >= 0.3 is 7.12 Å². The summed E-state index contributed by atoms with van der Waals surface area (Å²) >= 11 is 0. The van der Waals surface area contributed by atoms with Crippen molar-refractivity contribution in [1.82, 2.24) is 0 Å². The van der Waals surface area contributed by atoms with Gasteiger partial charge in [-0.25, -0.2) is 0 Å². The maximum Gasteiger partial charge on any atom is 0.488 e. The molecule has 0 aliphatic rings. The molecule has 0 amide bonds. The van der Waals surface area contributed by atoms with Crippen molar-refractivity contribution in [2.75, 3.05) is 0 Å². The molecule has 3 nitrogen and oxygen atoms in total. The summed E-state index contributed by atoms with van der Waals surface area (Å²) in [5, 5.41) is 19.8. The molecule has 2 aromatic rings. The fourth-order valence-electron chi connectivity index (χ4n) is 1.52. The fraction of sp³-hybridized carbons (Fsp3) is 0. The van der Waals surface area contributed by atoms with Crippen molar-refractivity contribution in [1.29, 1.82) is 0 Å². The molecule has 0 radical (unpaired) electrons. The third-order valence-corrected chi connectivity index (χ3v) is 2.32. The third-order valence-electron chi connectivity index (χ3n) is 2.32. The summed E-state index contributed by atoms with van der Waals surface area (Å²) in [5.74, 6) is 0. The van der Waals surface area contributed by atoms with Crippen LogP contribution in [0.15, 0.2) is 36.4 Å². The smallest absolute Gasteiger partial charge is 0.423 e. The largest absolute Gasteiger partial charge is 0.488 e. The molecule has 0 aromatic heterocycles. The van der Waals surface area contributed by atoms with Crippen molar-refractivity contribution < 1.29 is 14.8 Å². The lowest BCUT2D eigenvalue weighted by Crippen LogP contribution is -2.29. The Bertz CT molecular complexity index is 508. The minimum Gasteiger partial charge on any atom is -0.423 e. The molecule has 0 unspecified atom stereocenters. The quantitative estimate of drug-likeness (QED) is 0.542. The lowest BCUT2D eigenvalue weighted by atomic mass is 9.79. The molecule has 0 aliphatic heterocycles. The van der Waals surface area contributed by atoms with Crippen LogP contribution in [0.4, 0.5) is 0 Å². The maximum atomic E-state index is 10.5. The predicted molar refractivity (Wildman–Crippen MR) is 59.2 cm³/mol. The van der Waals surface area contributed by atoms with Crippen LogP contribution in [0.5, 0.6) is 0 Å². The number of rotatable bonds is 2. The summed E-state index contributed by atoms with van der Waals surface area (Å²) in [6.45, 7) is 0. The van der Waals surface area contributed by atoms with Crippen LogP contribution in [0.25, 0.3) is 10.8 Å². The molecule has 2 N–H and O–H groups in total. The van der Waals surface area contributed by atoms with Crippen molar-refractivity contribution in [2.24, 2.45) is 0 Å². The van der Waals surface area contributed by atoms with Gasteiger partial charge in [0.2, 0.25) is 0 Å². The van der Waals surface area contributed by atoms with Crippen LogP contribution in [-0.2, 0) is 0 Å². The van der Waals surface area contributed by atoms with Gasteiger partial charge in [-0.15, -0.1) is 0 Å². The second-order valence-electron chi connectivity index (χ2n) is 3.36. The fourth-order valence-corrected chi connectivity index (χ4v) is 1.52. The third kappa shape index (κ3) is 1.91. The van der Waals surface area contributed by atoms with Crippen molar-refractivity contribution in [3.8, 4) is 0 Å². The van der Waals surface area contributed by atoms with E-state index in [2.05, 4.69) is 0 Å². The first-order valence-electron chi connectivity index (χ1n) is 4.56. The van der Waals surface area contributed by atoms with Gasteiger partial charge in [0.05, 0.1) is 0 Å². The minimum absolute atomic E-state index is 0.446. The second-order valence-corrected chi connectivity index (χ2v) is 3.36. The van der Waals surface area contributed by atoms with E-state index < -0.39 is 7.12 Å². The van der Waals surface area contributed by atoms with E-state index >= 15 is 0 Å². The topological polar surface area (TPSA) is 57.5 Å². The predicted octanol–water partition coefficient (Wildman–Crippen LogP) is 0.332. The van der Waals surface area contributed by atoms with E-state index in [-0.39, 0.29) is 0 Å². The standard InChI is InChI=1S/C11H9BO3/c13-7-8-1-2-10-6-11(12(14)15)4-3-9(10)5-8/h1-7,14-15H. The van der Waals surface area contributed by atoms with Crippen LogP contribution < -0.4 is 5.46 Å². The Morgan fingerprint density at radius 1 is 1.00 bits per heavy atom. The molecular formula is C11H9BO3. The van der Waals surface area contributed by atoms with Gasteiger partial charge in [-0.1, -0.05) is 30.3 Å². The van der Waals surface area contributed by atoms with Gasteiger partial charge in [0.1, 0.15) is 6.29 Å². The molecule has 2 rings (SSSR count). The van der Waals surface area contributed by atoms with E-state index in [4.69, 9.17) is 10.0 Å². The zero-order valence-electron chi connectivity index (χ0n) is 7.92. The SMILES string of the molecule is O=Cc1ccc2cc(B(O)O)ccc2c1. The highest BCUT2D eigenvalue weighted by atomic mass is 16.4. The normalized spacial score (nSPS) is 10.3. The lowest BCUT2D eigenvalue weighted by Gasteiger charge is -2.02. The highest BCUT2D eigenvalue weighted by Gasteiger charge is 2.10. The average Bonchev–Trinajstić information content (AvgIpc) is 2.27. The van der Waals surface area contributed by atoms with Crippen molar-refractivity contribution >= 4 is 29.6 Å². The van der Waals surface area contributed by atoms with Crippen LogP contribution in [0.3, 0.4) is 0 Å². The van der Waals surface area contributed by atoms with Crippen molar-refractivity contribution in [2.45, 2.75) is 0 Å². The number of carbonyl (C=O) groups is 1. The van der Waals surface area contributed by atoms with Crippen LogP contribution >= 0.6 is 0 Å². The molecule has 0 saturated carbocycles. The number of benzene rings is 2. The number of aldehydes is 1. The number of fused-ring (bicyclic) bond motifs is 1.